The first-order valence-corrected chi connectivity index (χ1v) is 5.36. The third kappa shape index (κ3) is 2.21. The van der Waals surface area contributed by atoms with E-state index in [1.165, 1.54) is 11.8 Å². The van der Waals surface area contributed by atoms with Gasteiger partial charge in [-0.1, -0.05) is 0 Å². The molecule has 0 amide bonds. The summed E-state index contributed by atoms with van der Waals surface area (Å²) in [6.07, 6.45) is 0. The summed E-state index contributed by atoms with van der Waals surface area (Å²) in [5, 5.41) is 11.3. The Morgan fingerprint density at radius 2 is 2.06 bits per heavy atom. The van der Waals surface area contributed by atoms with Gasteiger partial charge in [-0.25, -0.2) is 4.79 Å². The van der Waals surface area contributed by atoms with Gasteiger partial charge in [0.2, 0.25) is 0 Å². The van der Waals surface area contributed by atoms with Crippen molar-refractivity contribution in [1.82, 2.24) is 20.2 Å². The lowest BCUT2D eigenvalue weighted by Gasteiger charge is -2.07. The number of carbonyl (C=O) groups is 1. The Bertz CT molecular complexity index is 547. The molecule has 1 aromatic carbocycles. The minimum absolute atomic E-state index is 0.278. The first-order valence-electron chi connectivity index (χ1n) is 5.36. The molecule has 0 aliphatic carbocycles. The normalized spacial score (nSPS) is 12.2. The van der Waals surface area contributed by atoms with E-state index in [9.17, 15) is 4.79 Å². The number of aromatic nitrogens is 4. The standard InChI is InChI=1S/C11H13N5O2/c1-7(12)10-13-14-15-16(10)9-5-3-8(4-6-9)11(17)18-2/h3-7H,12H2,1-2H3. The predicted molar refractivity (Wildman–Crippen MR) is 63.1 cm³/mol. The average Bonchev–Trinajstić information content (AvgIpc) is 2.87. The molecule has 7 heteroatoms. The maximum Gasteiger partial charge on any atom is 0.337 e. The van der Waals surface area contributed by atoms with Crippen LogP contribution in [0.2, 0.25) is 0 Å². The van der Waals surface area contributed by atoms with Crippen molar-refractivity contribution in [2.45, 2.75) is 13.0 Å². The highest BCUT2D eigenvalue weighted by Gasteiger charge is 2.12. The Hall–Kier alpha value is -2.28. The van der Waals surface area contributed by atoms with E-state index in [1.807, 2.05) is 0 Å². The van der Waals surface area contributed by atoms with Crippen LogP contribution in [0.3, 0.4) is 0 Å². The van der Waals surface area contributed by atoms with Crippen molar-refractivity contribution in [3.63, 3.8) is 0 Å². The number of rotatable bonds is 3. The van der Waals surface area contributed by atoms with Crippen LogP contribution in [0.25, 0.3) is 5.69 Å². The summed E-state index contributed by atoms with van der Waals surface area (Å²) in [6.45, 7) is 1.80. The van der Waals surface area contributed by atoms with E-state index in [1.54, 1.807) is 31.2 Å². The van der Waals surface area contributed by atoms with Crippen LogP contribution in [-0.4, -0.2) is 33.3 Å². The zero-order valence-electron chi connectivity index (χ0n) is 10.1. The Balaban J connectivity index is 2.34. The van der Waals surface area contributed by atoms with Crippen LogP contribution in [0.15, 0.2) is 24.3 Å². The monoisotopic (exact) mass is 247 g/mol. The molecule has 0 spiro atoms. The topological polar surface area (TPSA) is 95.9 Å². The molecule has 1 heterocycles. The summed E-state index contributed by atoms with van der Waals surface area (Å²) in [4.78, 5) is 11.3. The van der Waals surface area contributed by atoms with Crippen LogP contribution >= 0.6 is 0 Å². The summed E-state index contributed by atoms with van der Waals surface area (Å²) < 4.78 is 6.16. The fraction of sp³-hybridized carbons (Fsp3) is 0.273. The van der Waals surface area contributed by atoms with E-state index in [0.29, 0.717) is 11.4 Å². The molecule has 2 aromatic rings. The molecule has 0 bridgehead atoms. The second-order valence-electron chi connectivity index (χ2n) is 3.78. The van der Waals surface area contributed by atoms with E-state index in [4.69, 9.17) is 5.73 Å². The largest absolute Gasteiger partial charge is 0.465 e. The van der Waals surface area contributed by atoms with Gasteiger partial charge in [-0.2, -0.15) is 4.68 Å². The molecule has 0 saturated carbocycles. The van der Waals surface area contributed by atoms with Crippen LogP contribution in [0.4, 0.5) is 0 Å². The van der Waals surface area contributed by atoms with Crippen molar-refractivity contribution in [3.8, 4) is 5.69 Å². The SMILES string of the molecule is COC(=O)c1ccc(-n2nnnc2C(C)N)cc1. The van der Waals surface area contributed by atoms with Gasteiger partial charge in [0, 0.05) is 0 Å². The lowest BCUT2D eigenvalue weighted by atomic mass is 10.2. The number of ether oxygens (including phenoxy) is 1. The van der Waals surface area contributed by atoms with Crippen LogP contribution in [0.5, 0.6) is 0 Å². The van der Waals surface area contributed by atoms with Gasteiger partial charge < -0.3 is 10.5 Å². The summed E-state index contributed by atoms with van der Waals surface area (Å²) in [6, 6.07) is 6.48. The fourth-order valence-corrected chi connectivity index (χ4v) is 1.52. The number of methoxy groups -OCH3 is 1. The highest BCUT2D eigenvalue weighted by Crippen LogP contribution is 2.13. The second-order valence-corrected chi connectivity index (χ2v) is 3.78. The second kappa shape index (κ2) is 4.92. The van der Waals surface area contributed by atoms with E-state index < -0.39 is 0 Å². The highest BCUT2D eigenvalue weighted by molar-refractivity contribution is 5.89. The smallest absolute Gasteiger partial charge is 0.337 e. The molecule has 7 nitrogen and oxygen atoms in total. The number of carbonyl (C=O) groups excluding carboxylic acids is 1. The number of hydrogen-bond acceptors (Lipinski definition) is 6. The summed E-state index contributed by atoms with van der Waals surface area (Å²) >= 11 is 0. The number of hydrogen-bond donors (Lipinski definition) is 1. The molecule has 0 saturated heterocycles. The lowest BCUT2D eigenvalue weighted by molar-refractivity contribution is 0.0601. The van der Waals surface area contributed by atoms with Gasteiger partial charge in [-0.05, 0) is 41.6 Å². The summed E-state index contributed by atoms with van der Waals surface area (Å²) in [5.41, 5.74) is 6.96. The van der Waals surface area contributed by atoms with Gasteiger partial charge in [0.05, 0.1) is 24.4 Å². The van der Waals surface area contributed by atoms with E-state index >= 15 is 0 Å². The first kappa shape index (κ1) is 12.2. The fourth-order valence-electron chi connectivity index (χ4n) is 1.52. The van der Waals surface area contributed by atoms with Crippen molar-refractivity contribution in [2.24, 2.45) is 5.73 Å². The van der Waals surface area contributed by atoms with Crippen LogP contribution in [0.1, 0.15) is 29.1 Å². The number of esters is 1. The Morgan fingerprint density at radius 3 is 2.61 bits per heavy atom. The van der Waals surface area contributed by atoms with E-state index in [2.05, 4.69) is 20.3 Å². The maximum atomic E-state index is 11.3. The number of benzene rings is 1. The maximum absolute atomic E-state index is 11.3. The summed E-state index contributed by atoms with van der Waals surface area (Å²) in [7, 11) is 1.34. The highest BCUT2D eigenvalue weighted by atomic mass is 16.5. The minimum Gasteiger partial charge on any atom is -0.465 e. The van der Waals surface area contributed by atoms with Crippen molar-refractivity contribution in [2.75, 3.05) is 7.11 Å². The third-order valence-electron chi connectivity index (χ3n) is 2.43. The van der Waals surface area contributed by atoms with Gasteiger partial charge in [-0.3, -0.25) is 0 Å². The first-order chi connectivity index (χ1) is 8.63. The van der Waals surface area contributed by atoms with E-state index in [-0.39, 0.29) is 12.0 Å². The Morgan fingerprint density at radius 1 is 1.39 bits per heavy atom. The predicted octanol–water partition coefficient (Wildman–Crippen LogP) is 0.469. The van der Waals surface area contributed by atoms with Crippen LogP contribution < -0.4 is 5.73 Å². The average molecular weight is 247 g/mol. The Labute approximate surface area is 104 Å². The molecule has 1 unspecified atom stereocenters. The molecular formula is C11H13N5O2. The minimum atomic E-state index is -0.384. The lowest BCUT2D eigenvalue weighted by Crippen LogP contribution is -2.13. The van der Waals surface area contributed by atoms with Gasteiger partial charge in [0.1, 0.15) is 0 Å². The van der Waals surface area contributed by atoms with Crippen LogP contribution in [-0.2, 0) is 4.74 Å². The molecule has 0 fully saturated rings. The molecule has 2 N–H and O–H groups in total. The zero-order chi connectivity index (χ0) is 13.1. The van der Waals surface area contributed by atoms with Gasteiger partial charge >= 0.3 is 5.97 Å². The summed E-state index contributed by atoms with van der Waals surface area (Å²) in [5.74, 6) is 0.173. The van der Waals surface area contributed by atoms with Gasteiger partial charge in [0.25, 0.3) is 0 Å². The van der Waals surface area contributed by atoms with Crippen molar-refractivity contribution < 1.29 is 9.53 Å². The van der Waals surface area contributed by atoms with Crippen molar-refractivity contribution >= 4 is 5.97 Å². The number of nitrogens with two attached hydrogens (primary N) is 1. The molecule has 0 radical (unpaired) electrons. The third-order valence-corrected chi connectivity index (χ3v) is 2.43. The number of nitrogens with zero attached hydrogens (tertiary/aromatic N) is 4. The molecule has 1 atom stereocenters. The molecule has 2 rings (SSSR count). The van der Waals surface area contributed by atoms with Crippen LogP contribution in [0, 0.1) is 0 Å². The Kier molecular flexibility index (Phi) is 3.33. The molecule has 94 valence electrons. The van der Waals surface area contributed by atoms with Crippen molar-refractivity contribution in [1.29, 1.82) is 0 Å². The molecule has 0 aliphatic rings. The van der Waals surface area contributed by atoms with Gasteiger partial charge in [0.15, 0.2) is 5.82 Å². The molecule has 1 aromatic heterocycles. The van der Waals surface area contributed by atoms with Crippen molar-refractivity contribution in [3.05, 3.63) is 35.7 Å². The number of tetrazole rings is 1. The molecular weight excluding hydrogens is 234 g/mol. The quantitative estimate of drug-likeness (QED) is 0.792. The van der Waals surface area contributed by atoms with E-state index in [0.717, 1.165) is 5.69 Å². The molecule has 18 heavy (non-hydrogen) atoms. The zero-order valence-corrected chi connectivity index (χ0v) is 10.1. The van der Waals surface area contributed by atoms with Gasteiger partial charge in [-0.15, -0.1) is 5.10 Å². The molecule has 0 aliphatic heterocycles.